The number of nitrogens with zero attached hydrogens (tertiary/aromatic N) is 1. The maximum atomic E-state index is 8.94. The number of aryl methyl sites for hydroxylation is 1. The van der Waals surface area contributed by atoms with E-state index in [2.05, 4.69) is 67.3 Å². The minimum absolute atomic E-state index is 0.187. The highest BCUT2D eigenvalue weighted by atomic mass is 15.3. The fourth-order valence-electron chi connectivity index (χ4n) is 3.45. The number of hydrogen-bond acceptors (Lipinski definition) is 2. The predicted molar refractivity (Wildman–Crippen MR) is 105 cm³/mol. The van der Waals surface area contributed by atoms with Gasteiger partial charge in [0.25, 0.3) is 0 Å². The molecule has 0 radical (unpaired) electrons. The van der Waals surface area contributed by atoms with E-state index in [1.165, 1.54) is 5.56 Å². The first kappa shape index (κ1) is 14.4. The van der Waals surface area contributed by atoms with Crippen molar-refractivity contribution in [3.8, 4) is 0 Å². The highest BCUT2D eigenvalue weighted by Crippen LogP contribution is 2.39. The van der Waals surface area contributed by atoms with Gasteiger partial charge in [-0.15, -0.1) is 0 Å². The van der Waals surface area contributed by atoms with Crippen molar-refractivity contribution in [1.29, 1.82) is 0 Å². The predicted octanol–water partition coefficient (Wildman–Crippen LogP) is 5.49. The molecule has 1 aliphatic rings. The smallest absolute Gasteiger partial charge is 0.163 e. The zero-order chi connectivity index (χ0) is 18.1. The molecule has 0 aliphatic carbocycles. The van der Waals surface area contributed by atoms with E-state index in [1.807, 2.05) is 36.4 Å². The average Bonchev–Trinajstić information content (AvgIpc) is 2.94. The van der Waals surface area contributed by atoms with Gasteiger partial charge >= 0.3 is 0 Å². The Hall–Kier alpha value is -3.00. The third kappa shape index (κ3) is 2.80. The number of nitrogens with one attached hydrogen (secondary N) is 1. The van der Waals surface area contributed by atoms with Crippen LogP contribution in [0.5, 0.6) is 0 Å². The van der Waals surface area contributed by atoms with E-state index < -0.39 is 0 Å². The second-order valence-corrected chi connectivity index (χ2v) is 6.37. The van der Waals surface area contributed by atoms with Gasteiger partial charge in [0.05, 0.1) is 5.70 Å². The molecule has 1 atom stereocenters. The van der Waals surface area contributed by atoms with Gasteiger partial charge in [-0.1, -0.05) is 78.9 Å². The monoisotopic (exact) mass is 327 g/mol. The number of allylic oxidation sites excluding steroid dienone is 1. The van der Waals surface area contributed by atoms with Gasteiger partial charge in [-0.05, 0) is 36.6 Å². The molecule has 1 heterocycles. The topological polar surface area (TPSA) is 15.3 Å². The Labute approximate surface area is 150 Å². The van der Waals surface area contributed by atoms with Crippen LogP contribution in [0.1, 0.15) is 29.8 Å². The summed E-state index contributed by atoms with van der Waals surface area (Å²) >= 11 is 0. The van der Waals surface area contributed by atoms with Crippen LogP contribution in [0.2, 0.25) is 1.41 Å². The van der Waals surface area contributed by atoms with E-state index in [1.54, 1.807) is 5.31 Å². The molecule has 0 bridgehead atoms. The van der Waals surface area contributed by atoms with E-state index in [9.17, 15) is 0 Å². The lowest BCUT2D eigenvalue weighted by Crippen LogP contribution is -2.29. The van der Waals surface area contributed by atoms with Crippen molar-refractivity contribution < 1.29 is 1.41 Å². The fraction of sp³-hybridized carbons (Fsp3) is 0.130. The SMILES string of the molecule is [2H]N1C(c2ccccc2)=C(C)N(c2ccccc2C)C1c1ccccc1. The molecule has 3 aromatic rings. The second-order valence-electron chi connectivity index (χ2n) is 6.37. The molecule has 0 amide bonds. The average molecular weight is 327 g/mol. The van der Waals surface area contributed by atoms with Crippen molar-refractivity contribution in [2.45, 2.75) is 20.0 Å². The Bertz CT molecular complexity index is 935. The third-order valence-electron chi connectivity index (χ3n) is 4.72. The van der Waals surface area contributed by atoms with Crippen LogP contribution in [0.3, 0.4) is 0 Å². The van der Waals surface area contributed by atoms with Gasteiger partial charge < -0.3 is 10.2 Å². The zero-order valence-electron chi connectivity index (χ0n) is 15.6. The normalized spacial score (nSPS) is 17.8. The fourth-order valence-corrected chi connectivity index (χ4v) is 3.45. The molecule has 124 valence electrons. The first-order chi connectivity index (χ1) is 12.7. The van der Waals surface area contributed by atoms with Gasteiger partial charge in [0.15, 0.2) is 1.41 Å². The van der Waals surface area contributed by atoms with Crippen LogP contribution in [0.25, 0.3) is 5.70 Å². The van der Waals surface area contributed by atoms with Crippen LogP contribution >= 0.6 is 0 Å². The number of benzene rings is 3. The Morgan fingerprint density at radius 2 is 1.40 bits per heavy atom. The van der Waals surface area contributed by atoms with Crippen LogP contribution in [0, 0.1) is 6.92 Å². The molecule has 0 aromatic heterocycles. The van der Waals surface area contributed by atoms with Gasteiger partial charge in [0, 0.05) is 11.4 Å². The Balaban J connectivity index is 1.91. The lowest BCUT2D eigenvalue weighted by atomic mass is 10.1. The molecule has 1 aliphatic heterocycles. The zero-order valence-corrected chi connectivity index (χ0v) is 14.6. The number of rotatable bonds is 3. The number of anilines is 1. The van der Waals surface area contributed by atoms with E-state index in [0.717, 1.165) is 28.2 Å². The Morgan fingerprint density at radius 3 is 2.08 bits per heavy atom. The maximum Gasteiger partial charge on any atom is 0.163 e. The quantitative estimate of drug-likeness (QED) is 0.684. The van der Waals surface area contributed by atoms with Crippen molar-refractivity contribution in [2.24, 2.45) is 0 Å². The summed E-state index contributed by atoms with van der Waals surface area (Å²) in [6.07, 6.45) is -0.187. The molecule has 4 rings (SSSR count). The molecule has 2 nitrogen and oxygen atoms in total. The molecular weight excluding hydrogens is 304 g/mol. The molecule has 0 fully saturated rings. The van der Waals surface area contributed by atoms with Crippen molar-refractivity contribution in [2.75, 3.05) is 4.90 Å². The third-order valence-corrected chi connectivity index (χ3v) is 4.72. The summed E-state index contributed by atoms with van der Waals surface area (Å²) in [5.41, 5.74) is 6.56. The van der Waals surface area contributed by atoms with Crippen molar-refractivity contribution >= 4 is 11.4 Å². The maximum absolute atomic E-state index is 8.94. The number of para-hydroxylation sites is 1. The standard InChI is InChI=1S/C23H22N2/c1-17-11-9-10-16-21(17)25-18(2)22(19-12-5-3-6-13-19)24-23(25)20-14-7-4-8-15-20/h3-16,23-24H,1-2H3/i/hD. The van der Waals surface area contributed by atoms with Gasteiger partial charge in [-0.25, -0.2) is 0 Å². The first-order valence-corrected chi connectivity index (χ1v) is 8.62. The molecule has 0 saturated carbocycles. The van der Waals surface area contributed by atoms with E-state index in [4.69, 9.17) is 1.41 Å². The molecule has 0 spiro atoms. The minimum Gasteiger partial charge on any atom is -0.359 e. The van der Waals surface area contributed by atoms with Crippen molar-refractivity contribution in [1.82, 2.24) is 5.31 Å². The van der Waals surface area contributed by atoms with Gasteiger partial charge in [-0.2, -0.15) is 0 Å². The van der Waals surface area contributed by atoms with Crippen LogP contribution in [0.15, 0.2) is 90.6 Å². The van der Waals surface area contributed by atoms with Gasteiger partial charge in [0.2, 0.25) is 0 Å². The highest BCUT2D eigenvalue weighted by Gasteiger charge is 2.32. The molecule has 25 heavy (non-hydrogen) atoms. The Kier molecular flexibility index (Phi) is 3.72. The first-order valence-electron chi connectivity index (χ1n) is 9.07. The lowest BCUT2D eigenvalue weighted by molar-refractivity contribution is 0.665. The summed E-state index contributed by atoms with van der Waals surface area (Å²) in [7, 11) is 0. The van der Waals surface area contributed by atoms with E-state index >= 15 is 0 Å². The van der Waals surface area contributed by atoms with Crippen LogP contribution in [-0.2, 0) is 0 Å². The van der Waals surface area contributed by atoms with Crippen molar-refractivity contribution in [3.63, 3.8) is 0 Å². The molecule has 0 saturated heterocycles. The molecule has 2 heteroatoms. The minimum atomic E-state index is -0.187. The molecule has 1 unspecified atom stereocenters. The van der Waals surface area contributed by atoms with Gasteiger partial charge in [-0.3, -0.25) is 0 Å². The summed E-state index contributed by atoms with van der Waals surface area (Å²) < 4.78 is 8.94. The van der Waals surface area contributed by atoms with E-state index in [0.29, 0.717) is 0 Å². The second kappa shape index (κ2) is 6.48. The molecule has 3 aromatic carbocycles. The summed E-state index contributed by atoms with van der Waals surface area (Å²) in [4.78, 5) is 2.28. The summed E-state index contributed by atoms with van der Waals surface area (Å²) in [6, 6.07) is 28.9. The Morgan fingerprint density at radius 1 is 0.800 bits per heavy atom. The van der Waals surface area contributed by atoms with E-state index in [-0.39, 0.29) is 6.17 Å². The van der Waals surface area contributed by atoms with Crippen molar-refractivity contribution in [3.05, 3.63) is 107 Å². The van der Waals surface area contributed by atoms with Crippen LogP contribution in [0.4, 0.5) is 5.69 Å². The van der Waals surface area contributed by atoms with Crippen LogP contribution in [-0.4, -0.2) is 0 Å². The van der Waals surface area contributed by atoms with Crippen LogP contribution < -0.4 is 10.2 Å². The summed E-state index contributed by atoms with van der Waals surface area (Å²) in [5, 5.41) is 1.65. The largest absolute Gasteiger partial charge is 0.359 e. The highest BCUT2D eigenvalue weighted by molar-refractivity contribution is 5.77. The lowest BCUT2D eigenvalue weighted by Gasteiger charge is -2.29. The molecular formula is C23H22N2. The van der Waals surface area contributed by atoms with Gasteiger partial charge in [0.1, 0.15) is 6.17 Å². The summed E-state index contributed by atoms with van der Waals surface area (Å²) in [5.74, 6) is 0. The molecule has 1 N–H and O–H groups in total. The number of hydrogen-bond donors (Lipinski definition) is 1. The summed E-state index contributed by atoms with van der Waals surface area (Å²) in [6.45, 7) is 4.23.